The highest BCUT2D eigenvalue weighted by atomic mass is 31.2. The van der Waals surface area contributed by atoms with Crippen molar-refractivity contribution < 1.29 is 37.6 Å². The number of carbonyl (C=O) groups excluding carboxylic acids is 2. The Bertz CT molecular complexity index is 963. The molecular formula is C44H81O8P. The Morgan fingerprint density at radius 1 is 0.547 bits per heavy atom. The first-order valence-corrected chi connectivity index (χ1v) is 23.2. The Labute approximate surface area is 325 Å². The average Bonchev–Trinajstić information content (AvgIpc) is 3.15. The predicted octanol–water partition coefficient (Wildman–Crippen LogP) is 13.6. The van der Waals surface area contributed by atoms with Crippen molar-refractivity contribution in [2.75, 3.05) is 20.3 Å². The summed E-state index contributed by atoms with van der Waals surface area (Å²) in [6, 6.07) is 0. The minimum Gasteiger partial charge on any atom is -0.462 e. The number of unbranched alkanes of at least 4 members (excludes halogenated alkanes) is 23. The Kier molecular flexibility index (Phi) is 38.6. The third-order valence-electron chi connectivity index (χ3n) is 9.40. The van der Waals surface area contributed by atoms with Crippen LogP contribution >= 0.6 is 7.82 Å². The average molecular weight is 769 g/mol. The minimum absolute atomic E-state index is 0.226. The van der Waals surface area contributed by atoms with Crippen molar-refractivity contribution in [1.82, 2.24) is 0 Å². The first-order chi connectivity index (χ1) is 25.8. The van der Waals surface area contributed by atoms with Crippen LogP contribution in [0.2, 0.25) is 0 Å². The van der Waals surface area contributed by atoms with Crippen molar-refractivity contribution in [2.45, 2.75) is 213 Å². The summed E-state index contributed by atoms with van der Waals surface area (Å²) in [6.07, 6.45) is 46.2. The van der Waals surface area contributed by atoms with Crippen molar-refractivity contribution in [1.29, 1.82) is 0 Å². The summed E-state index contributed by atoms with van der Waals surface area (Å²) < 4.78 is 32.0. The molecule has 0 aliphatic heterocycles. The van der Waals surface area contributed by atoms with Gasteiger partial charge in [0.25, 0.3) is 0 Å². The third kappa shape index (κ3) is 39.8. The summed E-state index contributed by atoms with van der Waals surface area (Å²) in [4.78, 5) is 34.5. The quantitative estimate of drug-likeness (QED) is 0.0284. The van der Waals surface area contributed by atoms with Gasteiger partial charge in [0.2, 0.25) is 0 Å². The maximum absolute atomic E-state index is 12.5. The lowest BCUT2D eigenvalue weighted by molar-refractivity contribution is -0.161. The third-order valence-corrected chi connectivity index (χ3v) is 10.3. The van der Waals surface area contributed by atoms with E-state index in [1.165, 1.54) is 109 Å². The van der Waals surface area contributed by atoms with Gasteiger partial charge in [0.05, 0.1) is 6.61 Å². The van der Waals surface area contributed by atoms with Gasteiger partial charge in [-0.25, -0.2) is 4.57 Å². The Hall–Kier alpha value is -1.73. The van der Waals surface area contributed by atoms with Crippen LogP contribution in [0.4, 0.5) is 0 Å². The van der Waals surface area contributed by atoms with Crippen LogP contribution in [0.25, 0.3) is 0 Å². The topological polar surface area (TPSA) is 108 Å². The standard InChI is InChI=1S/C44H81O8P/c1-4-6-8-10-12-14-16-18-20-22-24-26-28-30-32-34-36-38-43(45)50-40-42(41-51-53(47,48)49-3)52-44(46)39-37-35-33-31-29-27-25-23-21-19-17-15-13-11-9-7-5-2/h7,9,13,15,19,21,42H,4-6,8,10-12,14,16-18,20,22-41H2,1-3H3,(H,47,48)/b9-7-,15-13-,21-19-. The largest absolute Gasteiger partial charge is 0.472 e. The molecule has 0 rings (SSSR count). The molecule has 9 heteroatoms. The first-order valence-electron chi connectivity index (χ1n) is 21.7. The number of phosphoric ester groups is 1. The summed E-state index contributed by atoms with van der Waals surface area (Å²) in [7, 11) is -3.20. The molecule has 0 bridgehead atoms. The van der Waals surface area contributed by atoms with Gasteiger partial charge in [0.1, 0.15) is 6.61 Å². The number of carbonyl (C=O) groups is 2. The van der Waals surface area contributed by atoms with Gasteiger partial charge in [-0.1, -0.05) is 185 Å². The van der Waals surface area contributed by atoms with E-state index < -0.39 is 26.5 Å². The van der Waals surface area contributed by atoms with Crippen molar-refractivity contribution in [3.8, 4) is 0 Å². The van der Waals surface area contributed by atoms with E-state index in [9.17, 15) is 19.0 Å². The van der Waals surface area contributed by atoms with E-state index >= 15 is 0 Å². The molecule has 0 aliphatic rings. The fraction of sp³-hybridized carbons (Fsp3) is 0.818. The number of allylic oxidation sites excluding steroid dienone is 6. The fourth-order valence-electron chi connectivity index (χ4n) is 6.09. The second-order valence-electron chi connectivity index (χ2n) is 14.5. The SMILES string of the molecule is CC/C=C\C/C=C\C/C=C\CCCCCCCCCC(=O)OC(COC(=O)CCCCCCCCCCCCCCCCCCC)COP(=O)(O)OC. The minimum atomic E-state index is -4.26. The molecule has 0 spiro atoms. The molecule has 0 amide bonds. The highest BCUT2D eigenvalue weighted by Gasteiger charge is 2.24. The molecule has 0 aromatic carbocycles. The number of rotatable bonds is 40. The van der Waals surface area contributed by atoms with Crippen LogP contribution in [0, 0.1) is 0 Å². The van der Waals surface area contributed by atoms with Gasteiger partial charge in [-0.15, -0.1) is 0 Å². The van der Waals surface area contributed by atoms with E-state index in [4.69, 9.17) is 14.0 Å². The predicted molar refractivity (Wildman–Crippen MR) is 221 cm³/mol. The van der Waals surface area contributed by atoms with Crippen molar-refractivity contribution in [3.05, 3.63) is 36.5 Å². The summed E-state index contributed by atoms with van der Waals surface area (Å²) in [5.74, 6) is -0.808. The maximum Gasteiger partial charge on any atom is 0.472 e. The summed E-state index contributed by atoms with van der Waals surface area (Å²) in [6.45, 7) is 3.79. The fourth-order valence-corrected chi connectivity index (χ4v) is 6.55. The highest BCUT2D eigenvalue weighted by Crippen LogP contribution is 2.42. The normalized spacial score (nSPS) is 13.7. The molecule has 0 radical (unpaired) electrons. The van der Waals surface area contributed by atoms with Gasteiger partial charge in [0, 0.05) is 20.0 Å². The molecule has 2 atom stereocenters. The molecule has 0 aromatic rings. The van der Waals surface area contributed by atoms with Gasteiger partial charge in [-0.2, -0.15) is 0 Å². The molecule has 0 aromatic heterocycles. The van der Waals surface area contributed by atoms with Crippen LogP contribution in [-0.4, -0.2) is 43.3 Å². The molecule has 0 aliphatic carbocycles. The Balaban J connectivity index is 3.98. The monoisotopic (exact) mass is 769 g/mol. The molecule has 53 heavy (non-hydrogen) atoms. The molecule has 0 fully saturated rings. The summed E-state index contributed by atoms with van der Waals surface area (Å²) >= 11 is 0. The number of ether oxygens (including phenoxy) is 2. The van der Waals surface area contributed by atoms with Crippen LogP contribution in [0.5, 0.6) is 0 Å². The van der Waals surface area contributed by atoms with Gasteiger partial charge in [-0.05, 0) is 44.9 Å². The molecule has 0 heterocycles. The molecular weight excluding hydrogens is 687 g/mol. The maximum atomic E-state index is 12.5. The zero-order chi connectivity index (χ0) is 38.9. The van der Waals surface area contributed by atoms with Crippen molar-refractivity contribution in [2.24, 2.45) is 0 Å². The van der Waals surface area contributed by atoms with Crippen molar-refractivity contribution >= 4 is 19.8 Å². The lowest BCUT2D eigenvalue weighted by Crippen LogP contribution is -2.29. The van der Waals surface area contributed by atoms with Gasteiger partial charge < -0.3 is 14.4 Å². The molecule has 2 unspecified atom stereocenters. The molecule has 0 saturated carbocycles. The van der Waals surface area contributed by atoms with Crippen LogP contribution < -0.4 is 0 Å². The van der Waals surface area contributed by atoms with Crippen LogP contribution in [0.15, 0.2) is 36.5 Å². The molecule has 310 valence electrons. The van der Waals surface area contributed by atoms with E-state index in [0.29, 0.717) is 12.8 Å². The first kappa shape index (κ1) is 51.3. The molecule has 1 N–H and O–H groups in total. The lowest BCUT2D eigenvalue weighted by Gasteiger charge is -2.19. The van der Waals surface area contributed by atoms with Gasteiger partial charge in [-0.3, -0.25) is 18.6 Å². The Morgan fingerprint density at radius 2 is 0.962 bits per heavy atom. The van der Waals surface area contributed by atoms with Crippen LogP contribution in [0.1, 0.15) is 206 Å². The number of phosphoric acid groups is 1. The van der Waals surface area contributed by atoms with E-state index in [2.05, 4.69) is 54.8 Å². The van der Waals surface area contributed by atoms with E-state index in [1.54, 1.807) is 0 Å². The summed E-state index contributed by atoms with van der Waals surface area (Å²) in [5, 5.41) is 0. The van der Waals surface area contributed by atoms with Crippen LogP contribution in [0.3, 0.4) is 0 Å². The molecule has 8 nitrogen and oxygen atoms in total. The molecule has 0 saturated heterocycles. The van der Waals surface area contributed by atoms with E-state index in [-0.39, 0.29) is 19.0 Å². The zero-order valence-electron chi connectivity index (χ0n) is 34.4. The van der Waals surface area contributed by atoms with Gasteiger partial charge >= 0.3 is 19.8 Å². The number of esters is 2. The number of hydrogen-bond donors (Lipinski definition) is 1. The summed E-state index contributed by atoms with van der Waals surface area (Å²) in [5.41, 5.74) is 0. The Morgan fingerprint density at radius 3 is 1.43 bits per heavy atom. The second kappa shape index (κ2) is 39.9. The lowest BCUT2D eigenvalue weighted by atomic mass is 10.0. The van der Waals surface area contributed by atoms with E-state index in [0.717, 1.165) is 71.3 Å². The van der Waals surface area contributed by atoms with Crippen molar-refractivity contribution in [3.63, 3.8) is 0 Å². The van der Waals surface area contributed by atoms with Gasteiger partial charge in [0.15, 0.2) is 6.10 Å². The smallest absolute Gasteiger partial charge is 0.462 e. The second-order valence-corrected chi connectivity index (χ2v) is 16.0. The van der Waals surface area contributed by atoms with E-state index in [1.807, 2.05) is 0 Å². The highest BCUT2D eigenvalue weighted by molar-refractivity contribution is 7.47. The zero-order valence-corrected chi connectivity index (χ0v) is 35.3. The van der Waals surface area contributed by atoms with Crippen LogP contribution in [-0.2, 0) is 32.7 Å². The number of hydrogen-bond acceptors (Lipinski definition) is 7.